The fourth-order valence-electron chi connectivity index (χ4n) is 3.93. The van der Waals surface area contributed by atoms with Crippen LogP contribution >= 0.6 is 0 Å². The summed E-state index contributed by atoms with van der Waals surface area (Å²) in [6.45, 7) is 2.14. The zero-order valence-electron chi connectivity index (χ0n) is 12.5. The lowest BCUT2D eigenvalue weighted by Crippen LogP contribution is -2.61. The second-order valence-corrected chi connectivity index (χ2v) is 6.58. The van der Waals surface area contributed by atoms with Gasteiger partial charge in [-0.15, -0.1) is 0 Å². The van der Waals surface area contributed by atoms with E-state index in [0.717, 1.165) is 18.7 Å². The van der Waals surface area contributed by atoms with Crippen LogP contribution in [0.4, 0.5) is 5.69 Å². The largest absolute Gasteiger partial charge is 0.366 e. The summed E-state index contributed by atoms with van der Waals surface area (Å²) in [5.41, 5.74) is 2.25. The van der Waals surface area contributed by atoms with E-state index in [-0.39, 0.29) is 17.7 Å². The molecule has 2 bridgehead atoms. The number of benzene rings is 1. The van der Waals surface area contributed by atoms with Gasteiger partial charge in [-0.3, -0.25) is 14.9 Å². The minimum atomic E-state index is -0.189. The van der Waals surface area contributed by atoms with Gasteiger partial charge in [0.15, 0.2) is 0 Å². The fourth-order valence-corrected chi connectivity index (χ4v) is 3.93. The van der Waals surface area contributed by atoms with E-state index < -0.39 is 0 Å². The van der Waals surface area contributed by atoms with E-state index in [1.807, 2.05) is 12.1 Å². The second-order valence-electron chi connectivity index (χ2n) is 6.58. The van der Waals surface area contributed by atoms with Gasteiger partial charge in [-0.1, -0.05) is 12.1 Å². The van der Waals surface area contributed by atoms with Crippen LogP contribution in [0.5, 0.6) is 0 Å². The molecule has 5 heteroatoms. The van der Waals surface area contributed by atoms with Crippen molar-refractivity contribution < 1.29 is 9.59 Å². The van der Waals surface area contributed by atoms with Crippen LogP contribution in [-0.2, 0) is 9.59 Å². The van der Waals surface area contributed by atoms with Gasteiger partial charge >= 0.3 is 0 Å². The Morgan fingerprint density at radius 2 is 1.86 bits per heavy atom. The first-order chi connectivity index (χ1) is 10.7. The molecule has 22 heavy (non-hydrogen) atoms. The van der Waals surface area contributed by atoms with Crippen molar-refractivity contribution in [2.75, 3.05) is 18.0 Å². The molecule has 2 N–H and O–H groups in total. The van der Waals surface area contributed by atoms with Crippen LogP contribution in [0.2, 0.25) is 0 Å². The molecular weight excluding hydrogens is 278 g/mol. The normalized spacial score (nSPS) is 31.3. The van der Waals surface area contributed by atoms with Crippen LogP contribution in [0.3, 0.4) is 0 Å². The van der Waals surface area contributed by atoms with E-state index in [1.165, 1.54) is 18.5 Å². The molecule has 0 radical (unpaired) electrons. The summed E-state index contributed by atoms with van der Waals surface area (Å²) in [6.07, 6.45) is 3.57. The lowest BCUT2D eigenvalue weighted by molar-refractivity contribution is -0.134. The Morgan fingerprint density at radius 3 is 2.45 bits per heavy atom. The number of carbonyl (C=O) groups is 2. The van der Waals surface area contributed by atoms with Crippen molar-refractivity contribution >= 4 is 17.5 Å². The summed E-state index contributed by atoms with van der Waals surface area (Å²) >= 11 is 0. The monoisotopic (exact) mass is 299 g/mol. The fraction of sp³-hybridized carbons (Fsp3) is 0.529. The van der Waals surface area contributed by atoms with E-state index in [4.69, 9.17) is 0 Å². The summed E-state index contributed by atoms with van der Waals surface area (Å²) in [5, 5.41) is 6.00. The average molecular weight is 299 g/mol. The number of carbonyl (C=O) groups excluding carboxylic acids is 2. The van der Waals surface area contributed by atoms with Gasteiger partial charge in [-0.25, -0.2) is 0 Å². The number of imide groups is 1. The Bertz CT molecular complexity index is 590. The minimum absolute atomic E-state index is 0.158. The molecule has 2 amide bonds. The third-order valence-corrected chi connectivity index (χ3v) is 5.21. The quantitative estimate of drug-likeness (QED) is 0.804. The van der Waals surface area contributed by atoms with Crippen LogP contribution in [-0.4, -0.2) is 37.0 Å². The average Bonchev–Trinajstić information content (AvgIpc) is 2.56. The van der Waals surface area contributed by atoms with Gasteiger partial charge in [0.1, 0.15) is 0 Å². The highest BCUT2D eigenvalue weighted by molar-refractivity contribution is 6.00. The molecule has 4 aliphatic heterocycles. The van der Waals surface area contributed by atoms with E-state index >= 15 is 0 Å². The van der Waals surface area contributed by atoms with Gasteiger partial charge in [0, 0.05) is 37.3 Å². The lowest BCUT2D eigenvalue weighted by Gasteiger charge is -2.47. The van der Waals surface area contributed by atoms with E-state index in [2.05, 4.69) is 27.7 Å². The number of hydrogen-bond acceptors (Lipinski definition) is 4. The Morgan fingerprint density at radius 1 is 1.05 bits per heavy atom. The standard InChI is InChI=1S/C17H21N3O2/c21-16-8-7-15(17(22)19-16)11-1-4-13(5-2-11)20-10-12-3-6-14(20)9-18-12/h1-2,4-5,12,14-15,18H,3,6-10H2,(H,19,21,22). The molecule has 3 atom stereocenters. The van der Waals surface area contributed by atoms with Crippen molar-refractivity contribution in [3.05, 3.63) is 29.8 Å². The third-order valence-electron chi connectivity index (χ3n) is 5.21. The molecule has 4 heterocycles. The van der Waals surface area contributed by atoms with Gasteiger partial charge in [0.05, 0.1) is 5.92 Å². The van der Waals surface area contributed by atoms with Crippen molar-refractivity contribution in [2.24, 2.45) is 0 Å². The number of piperazine rings is 1. The molecule has 0 spiro atoms. The maximum atomic E-state index is 11.9. The van der Waals surface area contributed by atoms with E-state index in [0.29, 0.717) is 24.9 Å². The van der Waals surface area contributed by atoms with Crippen LogP contribution < -0.4 is 15.5 Å². The molecule has 0 aliphatic carbocycles. The Labute approximate surface area is 130 Å². The zero-order valence-corrected chi connectivity index (χ0v) is 12.5. The highest BCUT2D eigenvalue weighted by Gasteiger charge is 2.33. The van der Waals surface area contributed by atoms with Gasteiger partial charge in [-0.05, 0) is 37.0 Å². The summed E-state index contributed by atoms with van der Waals surface area (Å²) in [6, 6.07) is 9.54. The predicted octanol–water partition coefficient (Wildman–Crippen LogP) is 1.15. The van der Waals surface area contributed by atoms with Gasteiger partial charge < -0.3 is 10.2 Å². The highest BCUT2D eigenvalue weighted by Crippen LogP contribution is 2.31. The molecular formula is C17H21N3O2. The first kappa shape index (κ1) is 13.8. The van der Waals surface area contributed by atoms with Crippen molar-refractivity contribution in [2.45, 2.75) is 43.7 Å². The maximum Gasteiger partial charge on any atom is 0.234 e. The molecule has 5 rings (SSSR count). The number of piperidine rings is 3. The highest BCUT2D eigenvalue weighted by atomic mass is 16.2. The van der Waals surface area contributed by atoms with E-state index in [1.54, 1.807) is 0 Å². The first-order valence-electron chi connectivity index (χ1n) is 8.14. The SMILES string of the molecule is O=C1CCC(c2ccc(N3CC4CCC3CN4)cc2)C(=O)N1. The molecule has 1 aromatic rings. The maximum absolute atomic E-state index is 11.9. The van der Waals surface area contributed by atoms with Gasteiger partial charge in [0.25, 0.3) is 0 Å². The van der Waals surface area contributed by atoms with Crippen LogP contribution in [0, 0.1) is 0 Å². The summed E-state index contributed by atoms with van der Waals surface area (Å²) in [7, 11) is 0. The summed E-state index contributed by atoms with van der Waals surface area (Å²) in [4.78, 5) is 25.7. The Kier molecular flexibility index (Phi) is 3.37. The molecule has 1 aromatic carbocycles. The molecule has 0 saturated carbocycles. The van der Waals surface area contributed by atoms with Crippen LogP contribution in [0.15, 0.2) is 24.3 Å². The number of hydrogen-bond donors (Lipinski definition) is 2. The summed E-state index contributed by atoms with van der Waals surface area (Å²) in [5.74, 6) is -0.508. The van der Waals surface area contributed by atoms with Crippen LogP contribution in [0.25, 0.3) is 0 Å². The number of nitrogens with one attached hydrogen (secondary N) is 2. The molecule has 3 unspecified atom stereocenters. The number of fused-ring (bicyclic) bond motifs is 3. The molecule has 0 aromatic heterocycles. The number of amides is 2. The number of anilines is 1. The molecule has 5 nitrogen and oxygen atoms in total. The van der Waals surface area contributed by atoms with E-state index in [9.17, 15) is 9.59 Å². The molecule has 4 saturated heterocycles. The smallest absolute Gasteiger partial charge is 0.234 e. The van der Waals surface area contributed by atoms with Crippen molar-refractivity contribution in [1.82, 2.24) is 10.6 Å². The topological polar surface area (TPSA) is 61.4 Å². The zero-order chi connectivity index (χ0) is 15.1. The predicted molar refractivity (Wildman–Crippen MR) is 83.7 cm³/mol. The Hall–Kier alpha value is -1.88. The first-order valence-corrected chi connectivity index (χ1v) is 8.14. The molecule has 116 valence electrons. The van der Waals surface area contributed by atoms with Gasteiger partial charge in [0.2, 0.25) is 11.8 Å². The Balaban J connectivity index is 1.51. The van der Waals surface area contributed by atoms with Gasteiger partial charge in [-0.2, -0.15) is 0 Å². The number of nitrogens with zero attached hydrogens (tertiary/aromatic N) is 1. The summed E-state index contributed by atoms with van der Waals surface area (Å²) < 4.78 is 0. The van der Waals surface area contributed by atoms with Crippen molar-refractivity contribution in [3.8, 4) is 0 Å². The van der Waals surface area contributed by atoms with Crippen molar-refractivity contribution in [1.29, 1.82) is 0 Å². The number of rotatable bonds is 2. The molecule has 4 aliphatic rings. The van der Waals surface area contributed by atoms with Crippen LogP contribution in [0.1, 0.15) is 37.2 Å². The van der Waals surface area contributed by atoms with Crippen molar-refractivity contribution in [3.63, 3.8) is 0 Å². The minimum Gasteiger partial charge on any atom is -0.366 e. The third kappa shape index (κ3) is 2.39. The second kappa shape index (κ2) is 5.39. The molecule has 4 fully saturated rings. The lowest BCUT2D eigenvalue weighted by atomic mass is 9.89.